The van der Waals surface area contributed by atoms with Gasteiger partial charge >= 0.3 is 0 Å². The SMILES string of the molecule is CCC1CCC(NC(=NCc2nnc(C)n2C)NCCc2ccc(OC)cc2)CC1.I. The number of hydrogen-bond donors (Lipinski definition) is 2. The van der Waals surface area contributed by atoms with Crippen LogP contribution in [0.25, 0.3) is 0 Å². The highest BCUT2D eigenvalue weighted by Gasteiger charge is 2.20. The molecule has 0 atom stereocenters. The van der Waals surface area contributed by atoms with Crippen molar-refractivity contribution in [2.24, 2.45) is 18.0 Å². The summed E-state index contributed by atoms with van der Waals surface area (Å²) in [5.74, 6) is 4.41. The Hall–Kier alpha value is -1.84. The zero-order valence-electron chi connectivity index (χ0n) is 19.2. The molecule has 1 aromatic carbocycles. The molecule has 0 unspecified atom stereocenters. The number of rotatable bonds is 8. The third-order valence-corrected chi connectivity index (χ3v) is 6.19. The van der Waals surface area contributed by atoms with Crippen molar-refractivity contribution in [2.45, 2.75) is 65.0 Å². The van der Waals surface area contributed by atoms with E-state index in [1.54, 1.807) is 7.11 Å². The average Bonchev–Trinajstić information content (AvgIpc) is 3.10. The number of guanidine groups is 1. The van der Waals surface area contributed by atoms with Crippen LogP contribution in [0.15, 0.2) is 29.3 Å². The van der Waals surface area contributed by atoms with Crippen LogP contribution in [0.1, 0.15) is 56.2 Å². The van der Waals surface area contributed by atoms with Crippen LogP contribution in [-0.2, 0) is 20.0 Å². The molecule has 0 saturated heterocycles. The molecular formula is C23H37IN6O. The molecule has 2 aromatic rings. The summed E-state index contributed by atoms with van der Waals surface area (Å²) in [7, 11) is 3.67. The van der Waals surface area contributed by atoms with Crippen LogP contribution >= 0.6 is 24.0 Å². The molecule has 1 heterocycles. The van der Waals surface area contributed by atoms with Gasteiger partial charge in [-0.2, -0.15) is 0 Å². The third kappa shape index (κ3) is 7.66. The maximum Gasteiger partial charge on any atom is 0.191 e. The van der Waals surface area contributed by atoms with Gasteiger partial charge in [0.1, 0.15) is 18.1 Å². The van der Waals surface area contributed by atoms with E-state index in [0.717, 1.165) is 42.2 Å². The fourth-order valence-corrected chi connectivity index (χ4v) is 3.92. The molecule has 0 spiro atoms. The Morgan fingerprint density at radius 2 is 1.87 bits per heavy atom. The Balaban J connectivity index is 0.00000341. The van der Waals surface area contributed by atoms with Crippen molar-refractivity contribution in [3.05, 3.63) is 41.5 Å². The summed E-state index contributed by atoms with van der Waals surface area (Å²) in [4.78, 5) is 4.81. The van der Waals surface area contributed by atoms with Gasteiger partial charge in [0, 0.05) is 19.6 Å². The van der Waals surface area contributed by atoms with Crippen molar-refractivity contribution in [3.63, 3.8) is 0 Å². The van der Waals surface area contributed by atoms with Crippen LogP contribution in [0.5, 0.6) is 5.75 Å². The van der Waals surface area contributed by atoms with E-state index in [2.05, 4.69) is 39.9 Å². The van der Waals surface area contributed by atoms with E-state index in [9.17, 15) is 0 Å². The molecular weight excluding hydrogens is 503 g/mol. The van der Waals surface area contributed by atoms with Crippen molar-refractivity contribution in [3.8, 4) is 5.75 Å². The molecule has 3 rings (SSSR count). The lowest BCUT2D eigenvalue weighted by Gasteiger charge is -2.29. The normalized spacial score (nSPS) is 18.9. The van der Waals surface area contributed by atoms with E-state index < -0.39 is 0 Å². The van der Waals surface area contributed by atoms with Crippen molar-refractivity contribution >= 4 is 29.9 Å². The summed E-state index contributed by atoms with van der Waals surface area (Å²) in [6, 6.07) is 8.72. The van der Waals surface area contributed by atoms with Gasteiger partial charge in [-0.05, 0) is 62.6 Å². The van der Waals surface area contributed by atoms with Gasteiger partial charge in [-0.25, -0.2) is 4.99 Å². The van der Waals surface area contributed by atoms with E-state index >= 15 is 0 Å². The van der Waals surface area contributed by atoms with Crippen LogP contribution in [0, 0.1) is 12.8 Å². The Labute approximate surface area is 203 Å². The minimum atomic E-state index is 0. The zero-order chi connectivity index (χ0) is 21.3. The first-order valence-electron chi connectivity index (χ1n) is 11.1. The van der Waals surface area contributed by atoms with E-state index in [1.807, 2.05) is 30.7 Å². The molecule has 31 heavy (non-hydrogen) atoms. The van der Waals surface area contributed by atoms with Gasteiger partial charge in [0.05, 0.1) is 7.11 Å². The maximum atomic E-state index is 5.24. The Kier molecular flexibility index (Phi) is 10.6. The molecule has 0 bridgehead atoms. The Morgan fingerprint density at radius 3 is 2.45 bits per heavy atom. The highest BCUT2D eigenvalue weighted by molar-refractivity contribution is 14.0. The number of aryl methyl sites for hydroxylation is 1. The molecule has 0 radical (unpaired) electrons. The Morgan fingerprint density at radius 1 is 1.16 bits per heavy atom. The van der Waals surface area contributed by atoms with E-state index in [1.165, 1.54) is 37.7 Å². The Bertz CT molecular complexity index is 812. The van der Waals surface area contributed by atoms with Crippen LogP contribution < -0.4 is 15.4 Å². The largest absolute Gasteiger partial charge is 0.497 e. The first kappa shape index (κ1) is 25.4. The summed E-state index contributed by atoms with van der Waals surface area (Å²) in [5, 5.41) is 15.6. The second-order valence-electron chi connectivity index (χ2n) is 8.18. The molecule has 1 saturated carbocycles. The lowest BCUT2D eigenvalue weighted by molar-refractivity contribution is 0.304. The summed E-state index contributed by atoms with van der Waals surface area (Å²) >= 11 is 0. The monoisotopic (exact) mass is 540 g/mol. The standard InChI is InChI=1S/C23H36N6O.HI/c1-5-18-6-10-20(11-7-18)26-23(25-16-22-28-27-17(2)29(22)3)24-15-14-19-8-12-21(30-4)13-9-19;/h8-9,12-13,18,20H,5-7,10-11,14-16H2,1-4H3,(H2,24,25,26);1H. The van der Waals surface area contributed by atoms with Gasteiger partial charge in [0.25, 0.3) is 0 Å². The molecule has 0 aliphatic heterocycles. The predicted octanol–water partition coefficient (Wildman–Crippen LogP) is 4.00. The summed E-state index contributed by atoms with van der Waals surface area (Å²) in [6.07, 6.45) is 7.24. The molecule has 1 aromatic heterocycles. The van der Waals surface area contributed by atoms with Crippen LogP contribution in [0.2, 0.25) is 0 Å². The number of aliphatic imine (C=N–C) groups is 1. The van der Waals surface area contributed by atoms with Crippen LogP contribution in [0.4, 0.5) is 0 Å². The van der Waals surface area contributed by atoms with Crippen LogP contribution in [0.3, 0.4) is 0 Å². The lowest BCUT2D eigenvalue weighted by atomic mass is 9.84. The van der Waals surface area contributed by atoms with Crippen LogP contribution in [-0.4, -0.2) is 40.4 Å². The van der Waals surface area contributed by atoms with Crippen molar-refractivity contribution in [1.82, 2.24) is 25.4 Å². The molecule has 0 amide bonds. The first-order chi connectivity index (χ1) is 14.6. The van der Waals surface area contributed by atoms with Gasteiger partial charge in [0.15, 0.2) is 11.8 Å². The number of ether oxygens (including phenoxy) is 1. The topological polar surface area (TPSA) is 76.4 Å². The molecule has 172 valence electrons. The minimum Gasteiger partial charge on any atom is -0.497 e. The number of nitrogens with one attached hydrogen (secondary N) is 2. The van der Waals surface area contributed by atoms with Gasteiger partial charge < -0.3 is 19.9 Å². The third-order valence-electron chi connectivity index (χ3n) is 6.19. The maximum absolute atomic E-state index is 5.24. The molecule has 1 fully saturated rings. The second kappa shape index (κ2) is 12.9. The lowest BCUT2D eigenvalue weighted by Crippen LogP contribution is -2.45. The predicted molar refractivity (Wildman–Crippen MR) is 136 cm³/mol. The first-order valence-corrected chi connectivity index (χ1v) is 11.1. The van der Waals surface area contributed by atoms with Gasteiger partial charge in [-0.3, -0.25) is 0 Å². The molecule has 7 nitrogen and oxygen atoms in total. The van der Waals surface area contributed by atoms with Crippen molar-refractivity contribution in [2.75, 3.05) is 13.7 Å². The number of aromatic nitrogens is 3. The highest BCUT2D eigenvalue weighted by Crippen LogP contribution is 2.26. The van der Waals surface area contributed by atoms with Crippen molar-refractivity contribution in [1.29, 1.82) is 0 Å². The summed E-state index contributed by atoms with van der Waals surface area (Å²) in [6.45, 7) is 5.59. The minimum absolute atomic E-state index is 0. The summed E-state index contributed by atoms with van der Waals surface area (Å²) < 4.78 is 7.23. The molecule has 8 heteroatoms. The number of hydrogen-bond acceptors (Lipinski definition) is 4. The fourth-order valence-electron chi connectivity index (χ4n) is 3.92. The number of methoxy groups -OCH3 is 1. The average molecular weight is 540 g/mol. The highest BCUT2D eigenvalue weighted by atomic mass is 127. The van der Waals surface area contributed by atoms with E-state index in [0.29, 0.717) is 12.6 Å². The number of nitrogens with zero attached hydrogens (tertiary/aromatic N) is 4. The second-order valence-corrected chi connectivity index (χ2v) is 8.18. The molecule has 1 aliphatic carbocycles. The number of benzene rings is 1. The van der Waals surface area contributed by atoms with Gasteiger partial charge in [-0.15, -0.1) is 34.2 Å². The smallest absolute Gasteiger partial charge is 0.191 e. The molecule has 2 N–H and O–H groups in total. The zero-order valence-corrected chi connectivity index (χ0v) is 21.6. The fraction of sp³-hybridized carbons (Fsp3) is 0.609. The quantitative estimate of drug-likeness (QED) is 0.301. The number of halogens is 1. The van der Waals surface area contributed by atoms with Gasteiger partial charge in [-0.1, -0.05) is 25.5 Å². The van der Waals surface area contributed by atoms with Crippen molar-refractivity contribution < 1.29 is 4.74 Å². The summed E-state index contributed by atoms with van der Waals surface area (Å²) in [5.41, 5.74) is 1.27. The van der Waals surface area contributed by atoms with E-state index in [4.69, 9.17) is 9.73 Å². The van der Waals surface area contributed by atoms with E-state index in [-0.39, 0.29) is 24.0 Å². The molecule has 1 aliphatic rings. The van der Waals surface area contributed by atoms with Gasteiger partial charge in [0.2, 0.25) is 0 Å².